The Balaban J connectivity index is 1.45. The Morgan fingerprint density at radius 3 is 2.73 bits per heavy atom. The van der Waals surface area contributed by atoms with Crippen molar-refractivity contribution in [2.45, 2.75) is 18.9 Å². The Kier molecular flexibility index (Phi) is 5.71. The monoisotopic (exact) mass is 426 g/mol. The number of halogens is 1. The van der Waals surface area contributed by atoms with E-state index in [-0.39, 0.29) is 17.4 Å². The number of nitrogens with one attached hydrogen (secondary N) is 1. The lowest BCUT2D eigenvalue weighted by Crippen LogP contribution is -2.43. The topological polar surface area (TPSA) is 84.4 Å². The van der Waals surface area contributed by atoms with Gasteiger partial charge in [-0.25, -0.2) is 4.39 Å². The molecule has 7 nitrogen and oxygen atoms in total. The van der Waals surface area contributed by atoms with Gasteiger partial charge in [-0.1, -0.05) is 17.4 Å². The molecule has 1 aromatic heterocycles. The van der Waals surface area contributed by atoms with Crippen molar-refractivity contribution in [1.82, 2.24) is 15.1 Å². The molecule has 1 fully saturated rings. The molecule has 1 saturated heterocycles. The maximum absolute atomic E-state index is 13.5. The first-order valence-corrected chi connectivity index (χ1v) is 10.2. The number of hydrogen-bond acceptors (Lipinski definition) is 6. The Morgan fingerprint density at radius 2 is 2.00 bits per heavy atom. The molecule has 0 saturated carbocycles. The molecule has 0 radical (unpaired) electrons. The second-order valence-corrected chi connectivity index (χ2v) is 7.77. The van der Waals surface area contributed by atoms with Gasteiger partial charge in [0, 0.05) is 17.7 Å². The van der Waals surface area contributed by atoms with Crippen LogP contribution in [0.4, 0.5) is 9.52 Å². The number of aromatic nitrogens is 2. The van der Waals surface area contributed by atoms with E-state index in [1.165, 1.54) is 34.4 Å². The van der Waals surface area contributed by atoms with Gasteiger partial charge in [-0.2, -0.15) is 0 Å². The van der Waals surface area contributed by atoms with Crippen LogP contribution in [-0.2, 0) is 4.79 Å². The van der Waals surface area contributed by atoms with Crippen LogP contribution in [0, 0.1) is 5.82 Å². The van der Waals surface area contributed by atoms with Crippen molar-refractivity contribution in [3.05, 3.63) is 59.9 Å². The number of carbonyl (C=O) groups is 2. The van der Waals surface area contributed by atoms with Gasteiger partial charge >= 0.3 is 0 Å². The number of rotatable bonds is 5. The van der Waals surface area contributed by atoms with E-state index in [1.54, 1.807) is 13.2 Å². The summed E-state index contributed by atoms with van der Waals surface area (Å²) in [5, 5.41) is 11.9. The zero-order valence-electron chi connectivity index (χ0n) is 16.2. The molecule has 0 aliphatic carbocycles. The fourth-order valence-corrected chi connectivity index (χ4v) is 4.13. The number of amides is 2. The Labute approximate surface area is 176 Å². The summed E-state index contributed by atoms with van der Waals surface area (Å²) in [4.78, 5) is 27.0. The van der Waals surface area contributed by atoms with Crippen LogP contribution in [0.25, 0.3) is 10.6 Å². The van der Waals surface area contributed by atoms with E-state index in [0.717, 1.165) is 11.3 Å². The van der Waals surface area contributed by atoms with E-state index in [9.17, 15) is 14.0 Å². The molecule has 9 heteroatoms. The number of nitrogens with zero attached hydrogens (tertiary/aromatic N) is 3. The van der Waals surface area contributed by atoms with Crippen LogP contribution in [-0.4, -0.2) is 46.6 Å². The van der Waals surface area contributed by atoms with Gasteiger partial charge in [0.1, 0.15) is 22.6 Å². The highest BCUT2D eigenvalue weighted by molar-refractivity contribution is 7.18. The first kappa shape index (κ1) is 20.0. The van der Waals surface area contributed by atoms with Gasteiger partial charge in [0.05, 0.1) is 7.11 Å². The Bertz CT molecular complexity index is 1070. The van der Waals surface area contributed by atoms with E-state index in [4.69, 9.17) is 4.74 Å². The van der Waals surface area contributed by atoms with Gasteiger partial charge in [-0.3, -0.25) is 14.9 Å². The normalized spacial score (nSPS) is 15.8. The first-order valence-electron chi connectivity index (χ1n) is 9.40. The molecular weight excluding hydrogens is 407 g/mol. The summed E-state index contributed by atoms with van der Waals surface area (Å²) in [7, 11) is 1.60. The lowest BCUT2D eigenvalue weighted by molar-refractivity contribution is -0.119. The predicted molar refractivity (Wildman–Crippen MR) is 111 cm³/mol. The zero-order valence-corrected chi connectivity index (χ0v) is 17.0. The van der Waals surface area contributed by atoms with Crippen LogP contribution in [0.2, 0.25) is 0 Å². The summed E-state index contributed by atoms with van der Waals surface area (Å²) in [6, 6.07) is 12.2. The fraction of sp³-hybridized carbons (Fsp3) is 0.238. The number of anilines is 1. The zero-order chi connectivity index (χ0) is 21.1. The average Bonchev–Trinajstić information content (AvgIpc) is 3.43. The van der Waals surface area contributed by atoms with Crippen LogP contribution in [0.5, 0.6) is 5.75 Å². The maximum atomic E-state index is 13.5. The van der Waals surface area contributed by atoms with Crippen molar-refractivity contribution in [3.8, 4) is 16.3 Å². The molecule has 1 aliphatic rings. The van der Waals surface area contributed by atoms with Crippen molar-refractivity contribution < 1.29 is 18.7 Å². The smallest absolute Gasteiger partial charge is 0.254 e. The maximum Gasteiger partial charge on any atom is 0.254 e. The standard InChI is InChI=1S/C21H19FN4O3S/c1-29-16-9-7-13(8-10-16)19-24-25-21(30-19)23-18(27)17-6-3-11-26(17)20(28)14-4-2-5-15(22)12-14/h2,4-5,7-10,12,17H,3,6,11H2,1H3,(H,23,25,27). The second-order valence-electron chi connectivity index (χ2n) is 6.80. The third kappa shape index (κ3) is 4.16. The summed E-state index contributed by atoms with van der Waals surface area (Å²) < 4.78 is 18.6. The molecule has 3 aromatic rings. The molecule has 1 N–H and O–H groups in total. The SMILES string of the molecule is COc1ccc(-c2nnc(NC(=O)C3CCCN3C(=O)c3cccc(F)c3)s2)cc1. The number of benzene rings is 2. The molecule has 0 bridgehead atoms. The van der Waals surface area contributed by atoms with Crippen LogP contribution < -0.4 is 10.1 Å². The molecule has 30 heavy (non-hydrogen) atoms. The summed E-state index contributed by atoms with van der Waals surface area (Å²) in [6.07, 6.45) is 1.24. The minimum Gasteiger partial charge on any atom is -0.497 e. The van der Waals surface area contributed by atoms with E-state index in [1.807, 2.05) is 24.3 Å². The summed E-state index contributed by atoms with van der Waals surface area (Å²) >= 11 is 1.25. The highest BCUT2D eigenvalue weighted by Crippen LogP contribution is 2.29. The number of hydrogen-bond donors (Lipinski definition) is 1. The predicted octanol–water partition coefficient (Wildman–Crippen LogP) is 3.60. The third-order valence-electron chi connectivity index (χ3n) is 4.88. The van der Waals surface area contributed by atoms with Crippen LogP contribution in [0.15, 0.2) is 48.5 Å². The minimum absolute atomic E-state index is 0.229. The molecule has 1 atom stereocenters. The summed E-state index contributed by atoms with van der Waals surface area (Å²) in [5.41, 5.74) is 1.09. The van der Waals surface area contributed by atoms with Gasteiger partial charge in [-0.15, -0.1) is 10.2 Å². The average molecular weight is 426 g/mol. The molecule has 4 rings (SSSR count). The van der Waals surface area contributed by atoms with Gasteiger partial charge < -0.3 is 9.64 Å². The van der Waals surface area contributed by atoms with Crippen LogP contribution >= 0.6 is 11.3 Å². The van der Waals surface area contributed by atoms with E-state index in [2.05, 4.69) is 15.5 Å². The number of methoxy groups -OCH3 is 1. The Morgan fingerprint density at radius 1 is 1.20 bits per heavy atom. The lowest BCUT2D eigenvalue weighted by Gasteiger charge is -2.23. The van der Waals surface area contributed by atoms with Crippen molar-refractivity contribution >= 4 is 28.3 Å². The van der Waals surface area contributed by atoms with Crippen LogP contribution in [0.3, 0.4) is 0 Å². The van der Waals surface area contributed by atoms with Crippen molar-refractivity contribution in [1.29, 1.82) is 0 Å². The number of likely N-dealkylation sites (tertiary alicyclic amines) is 1. The lowest BCUT2D eigenvalue weighted by atomic mass is 10.1. The Hall–Kier alpha value is -3.33. The fourth-order valence-electron chi connectivity index (χ4n) is 3.38. The first-order chi connectivity index (χ1) is 14.5. The molecule has 1 unspecified atom stereocenters. The highest BCUT2D eigenvalue weighted by atomic mass is 32.1. The molecule has 2 amide bonds. The second kappa shape index (κ2) is 8.58. The minimum atomic E-state index is -0.630. The summed E-state index contributed by atoms with van der Waals surface area (Å²) in [6.45, 7) is 0.445. The van der Waals surface area contributed by atoms with Gasteiger partial charge in [0.15, 0.2) is 0 Å². The van der Waals surface area contributed by atoms with E-state index < -0.39 is 11.9 Å². The third-order valence-corrected chi connectivity index (χ3v) is 5.77. The van der Waals surface area contributed by atoms with Crippen molar-refractivity contribution in [3.63, 3.8) is 0 Å². The number of carbonyl (C=O) groups excluding carboxylic acids is 2. The van der Waals surface area contributed by atoms with Gasteiger partial charge in [0.25, 0.3) is 5.91 Å². The summed E-state index contributed by atoms with van der Waals surface area (Å²) in [5.74, 6) is -0.430. The molecule has 0 spiro atoms. The quantitative estimate of drug-likeness (QED) is 0.674. The number of ether oxygens (including phenoxy) is 1. The molecular formula is C21H19FN4O3S. The van der Waals surface area contributed by atoms with Gasteiger partial charge in [0.2, 0.25) is 11.0 Å². The molecule has 154 valence electrons. The molecule has 2 heterocycles. The van der Waals surface area contributed by atoms with Crippen LogP contribution in [0.1, 0.15) is 23.2 Å². The largest absolute Gasteiger partial charge is 0.497 e. The van der Waals surface area contributed by atoms with Crippen molar-refractivity contribution in [2.24, 2.45) is 0 Å². The van der Waals surface area contributed by atoms with E-state index in [0.29, 0.717) is 29.5 Å². The molecule has 2 aromatic carbocycles. The van der Waals surface area contributed by atoms with Crippen molar-refractivity contribution in [2.75, 3.05) is 19.0 Å². The van der Waals surface area contributed by atoms with E-state index >= 15 is 0 Å². The molecule has 1 aliphatic heterocycles. The highest BCUT2D eigenvalue weighted by Gasteiger charge is 2.35. The van der Waals surface area contributed by atoms with Gasteiger partial charge in [-0.05, 0) is 55.3 Å².